The van der Waals surface area contributed by atoms with Crippen molar-refractivity contribution in [3.63, 3.8) is 0 Å². The molecular weight excluding hydrogens is 328 g/mol. The van der Waals surface area contributed by atoms with Crippen molar-refractivity contribution in [2.45, 2.75) is 38.6 Å². The molecule has 6 rings (SSSR count). The van der Waals surface area contributed by atoms with E-state index in [0.29, 0.717) is 24.7 Å². The number of amides is 2. The lowest BCUT2D eigenvalue weighted by atomic mass is 9.94. The summed E-state index contributed by atoms with van der Waals surface area (Å²) in [4.78, 5) is 34.4. The number of hydrogen-bond donors (Lipinski definition) is 0. The van der Waals surface area contributed by atoms with Gasteiger partial charge < -0.3 is 14.2 Å². The molecule has 4 aliphatic rings. The van der Waals surface area contributed by atoms with Crippen LogP contribution in [0.4, 0.5) is 0 Å². The second-order valence-corrected chi connectivity index (χ2v) is 8.09. The fraction of sp³-hybridized carbons (Fsp3) is 0.550. The van der Waals surface area contributed by atoms with E-state index in [2.05, 4.69) is 9.88 Å². The van der Waals surface area contributed by atoms with E-state index in [1.165, 1.54) is 12.8 Å². The maximum atomic E-state index is 13.1. The summed E-state index contributed by atoms with van der Waals surface area (Å²) in [5.74, 6) is 0.847. The van der Waals surface area contributed by atoms with Crippen LogP contribution in [0.25, 0.3) is 5.65 Å². The minimum absolute atomic E-state index is 0.0461. The summed E-state index contributed by atoms with van der Waals surface area (Å²) in [6, 6.07) is 6.04. The van der Waals surface area contributed by atoms with Gasteiger partial charge in [-0.1, -0.05) is 6.07 Å². The SMILES string of the molecule is Cc1cccc2nc(C(=O)N3CC4CCC(C3)N(CC3CC3)C4=O)cn12. The number of carbonyl (C=O) groups is 2. The molecule has 0 aromatic carbocycles. The van der Waals surface area contributed by atoms with E-state index in [9.17, 15) is 9.59 Å². The molecule has 2 bridgehead atoms. The Labute approximate surface area is 152 Å². The molecule has 0 N–H and O–H groups in total. The van der Waals surface area contributed by atoms with E-state index in [1.54, 1.807) is 0 Å². The highest BCUT2D eigenvalue weighted by atomic mass is 16.2. The van der Waals surface area contributed by atoms with Gasteiger partial charge in [0, 0.05) is 37.6 Å². The molecule has 6 heteroatoms. The molecule has 1 aliphatic carbocycles. The predicted octanol–water partition coefficient (Wildman–Crippen LogP) is 2.12. The standard InChI is InChI=1S/C20H24N4O2/c1-13-3-2-4-18-21-17(12-23(13)18)20(26)22-10-15-7-8-16(11-22)24(19(15)25)9-14-5-6-14/h2-4,12,14-16H,5-11H2,1H3. The molecule has 6 nitrogen and oxygen atoms in total. The molecule has 136 valence electrons. The quantitative estimate of drug-likeness (QED) is 0.850. The van der Waals surface area contributed by atoms with Crippen molar-refractivity contribution in [1.82, 2.24) is 19.2 Å². The summed E-state index contributed by atoms with van der Waals surface area (Å²) in [5.41, 5.74) is 2.31. The highest BCUT2D eigenvalue weighted by Gasteiger charge is 2.43. The Morgan fingerprint density at radius 1 is 1.19 bits per heavy atom. The van der Waals surface area contributed by atoms with E-state index in [0.717, 1.165) is 30.7 Å². The van der Waals surface area contributed by atoms with Crippen molar-refractivity contribution >= 4 is 17.5 Å². The van der Waals surface area contributed by atoms with Crippen LogP contribution >= 0.6 is 0 Å². The Hall–Kier alpha value is -2.37. The van der Waals surface area contributed by atoms with Gasteiger partial charge >= 0.3 is 0 Å². The lowest BCUT2D eigenvalue weighted by Gasteiger charge is -2.36. The molecule has 2 aromatic rings. The van der Waals surface area contributed by atoms with Crippen molar-refractivity contribution in [2.24, 2.45) is 11.8 Å². The van der Waals surface area contributed by atoms with Crippen LogP contribution in [-0.2, 0) is 4.79 Å². The molecule has 3 saturated heterocycles. The van der Waals surface area contributed by atoms with E-state index < -0.39 is 0 Å². The third kappa shape index (κ3) is 2.59. The van der Waals surface area contributed by atoms with Gasteiger partial charge in [0.1, 0.15) is 11.3 Å². The van der Waals surface area contributed by atoms with E-state index in [4.69, 9.17) is 0 Å². The van der Waals surface area contributed by atoms with Crippen molar-refractivity contribution in [1.29, 1.82) is 0 Å². The first-order chi connectivity index (χ1) is 12.6. The minimum atomic E-state index is -0.0499. The Kier molecular flexibility index (Phi) is 3.55. The van der Waals surface area contributed by atoms with Gasteiger partial charge in [0.15, 0.2) is 0 Å². The Morgan fingerprint density at radius 3 is 2.81 bits per heavy atom. The average Bonchev–Trinajstić information content (AvgIpc) is 3.40. The van der Waals surface area contributed by atoms with Gasteiger partial charge in [0.2, 0.25) is 5.91 Å². The number of piperidine rings is 1. The summed E-state index contributed by atoms with van der Waals surface area (Å²) in [6.45, 7) is 4.06. The van der Waals surface area contributed by atoms with Crippen LogP contribution in [-0.4, -0.2) is 56.7 Å². The molecule has 1 saturated carbocycles. The van der Waals surface area contributed by atoms with Gasteiger partial charge in [-0.05, 0) is 50.7 Å². The smallest absolute Gasteiger partial charge is 0.274 e. The number of aromatic nitrogens is 2. The molecule has 4 fully saturated rings. The zero-order valence-corrected chi connectivity index (χ0v) is 15.1. The predicted molar refractivity (Wildman–Crippen MR) is 96.8 cm³/mol. The number of hydrogen-bond acceptors (Lipinski definition) is 3. The van der Waals surface area contributed by atoms with Crippen molar-refractivity contribution in [3.8, 4) is 0 Å². The summed E-state index contributed by atoms with van der Waals surface area (Å²) < 4.78 is 1.95. The number of nitrogens with zero attached hydrogens (tertiary/aromatic N) is 4. The lowest BCUT2D eigenvalue weighted by molar-refractivity contribution is -0.140. The molecule has 2 unspecified atom stereocenters. The number of carbonyl (C=O) groups excluding carboxylic acids is 2. The van der Waals surface area contributed by atoms with Crippen molar-refractivity contribution in [3.05, 3.63) is 35.8 Å². The molecule has 2 aromatic heterocycles. The summed E-state index contributed by atoms with van der Waals surface area (Å²) >= 11 is 0. The van der Waals surface area contributed by atoms with Crippen LogP contribution in [0.2, 0.25) is 0 Å². The Morgan fingerprint density at radius 2 is 2.04 bits per heavy atom. The van der Waals surface area contributed by atoms with E-state index in [-0.39, 0.29) is 23.8 Å². The highest BCUT2D eigenvalue weighted by Crippen LogP contribution is 2.35. The largest absolute Gasteiger partial charge is 0.337 e. The van der Waals surface area contributed by atoms with E-state index >= 15 is 0 Å². The van der Waals surface area contributed by atoms with Gasteiger partial charge in [-0.3, -0.25) is 9.59 Å². The highest BCUT2D eigenvalue weighted by molar-refractivity contribution is 5.94. The summed E-state index contributed by atoms with van der Waals surface area (Å²) in [7, 11) is 0. The number of imidazole rings is 1. The molecular formula is C20H24N4O2. The second kappa shape index (κ2) is 5.83. The molecule has 3 aliphatic heterocycles. The van der Waals surface area contributed by atoms with Crippen LogP contribution in [0.5, 0.6) is 0 Å². The fourth-order valence-electron chi connectivity index (χ4n) is 4.44. The zero-order valence-electron chi connectivity index (χ0n) is 15.1. The topological polar surface area (TPSA) is 57.9 Å². The first-order valence-electron chi connectivity index (χ1n) is 9.64. The Balaban J connectivity index is 1.41. The number of aryl methyl sites for hydroxylation is 1. The molecule has 0 spiro atoms. The zero-order chi connectivity index (χ0) is 17.8. The van der Waals surface area contributed by atoms with Gasteiger partial charge in [0.25, 0.3) is 5.91 Å². The van der Waals surface area contributed by atoms with Crippen LogP contribution in [0, 0.1) is 18.8 Å². The fourth-order valence-corrected chi connectivity index (χ4v) is 4.44. The normalized spacial score (nSPS) is 25.8. The summed E-state index contributed by atoms with van der Waals surface area (Å²) in [6.07, 6.45) is 6.22. The first kappa shape index (κ1) is 15.9. The van der Waals surface area contributed by atoms with Crippen molar-refractivity contribution in [2.75, 3.05) is 19.6 Å². The van der Waals surface area contributed by atoms with Crippen LogP contribution < -0.4 is 0 Å². The molecule has 0 radical (unpaired) electrons. The van der Waals surface area contributed by atoms with Crippen LogP contribution in [0.1, 0.15) is 41.9 Å². The van der Waals surface area contributed by atoms with Gasteiger partial charge in [-0.2, -0.15) is 0 Å². The number of pyridine rings is 1. The van der Waals surface area contributed by atoms with Crippen LogP contribution in [0.15, 0.2) is 24.4 Å². The second-order valence-electron chi connectivity index (χ2n) is 8.09. The third-order valence-corrected chi connectivity index (χ3v) is 6.15. The number of fused-ring (bicyclic) bond motifs is 5. The molecule has 5 heterocycles. The van der Waals surface area contributed by atoms with Gasteiger partial charge in [0.05, 0.1) is 5.92 Å². The first-order valence-corrected chi connectivity index (χ1v) is 9.64. The van der Waals surface area contributed by atoms with Gasteiger partial charge in [-0.15, -0.1) is 0 Å². The molecule has 2 amide bonds. The monoisotopic (exact) mass is 352 g/mol. The molecule has 2 atom stereocenters. The number of rotatable bonds is 3. The van der Waals surface area contributed by atoms with E-state index in [1.807, 2.05) is 40.6 Å². The lowest BCUT2D eigenvalue weighted by Crippen LogP contribution is -2.48. The van der Waals surface area contributed by atoms with Gasteiger partial charge in [-0.25, -0.2) is 4.98 Å². The summed E-state index contributed by atoms with van der Waals surface area (Å²) in [5, 5.41) is 0. The average molecular weight is 352 g/mol. The maximum Gasteiger partial charge on any atom is 0.274 e. The van der Waals surface area contributed by atoms with Crippen LogP contribution in [0.3, 0.4) is 0 Å². The maximum absolute atomic E-state index is 13.1. The molecule has 26 heavy (non-hydrogen) atoms. The third-order valence-electron chi connectivity index (χ3n) is 6.15. The minimum Gasteiger partial charge on any atom is -0.337 e. The van der Waals surface area contributed by atoms with Crippen molar-refractivity contribution < 1.29 is 9.59 Å². The Bertz CT molecular complexity index is 885.